The Labute approximate surface area is 123 Å². The third-order valence-electron chi connectivity index (χ3n) is 3.32. The number of aliphatic hydroxyl groups excluding tert-OH is 1. The lowest BCUT2D eigenvalue weighted by atomic mass is 9.97. The monoisotopic (exact) mass is 304 g/mol. The van der Waals surface area contributed by atoms with Gasteiger partial charge < -0.3 is 20.5 Å². The predicted octanol–water partition coefficient (Wildman–Crippen LogP) is 1.40. The van der Waals surface area contributed by atoms with Gasteiger partial charge in [0.05, 0.1) is 17.5 Å². The zero-order valence-electron chi connectivity index (χ0n) is 11.9. The first kappa shape index (κ1) is 16.9. The van der Waals surface area contributed by atoms with Crippen LogP contribution < -0.4 is 5.32 Å². The number of nitro groups is 1. The van der Waals surface area contributed by atoms with Crippen molar-refractivity contribution in [3.05, 3.63) is 22.5 Å². The van der Waals surface area contributed by atoms with Gasteiger partial charge in [-0.15, -0.1) is 11.6 Å². The van der Waals surface area contributed by atoms with Gasteiger partial charge in [-0.05, 0) is 17.8 Å². The van der Waals surface area contributed by atoms with Gasteiger partial charge in [0.2, 0.25) is 0 Å². The summed E-state index contributed by atoms with van der Waals surface area (Å²) in [5.41, 5.74) is 0. The zero-order chi connectivity index (χ0) is 15.3. The van der Waals surface area contributed by atoms with E-state index in [0.29, 0.717) is 19.0 Å². The second-order valence-corrected chi connectivity index (χ2v) is 6.22. The molecule has 2 N–H and O–H groups in total. The van der Waals surface area contributed by atoms with Crippen LogP contribution in [0.5, 0.6) is 0 Å². The highest BCUT2D eigenvalue weighted by atomic mass is 35.5. The molecular formula is C12H21ClN4O3. The molecule has 0 aliphatic carbocycles. The molecule has 7 nitrogen and oxygen atoms in total. The average molecular weight is 305 g/mol. The summed E-state index contributed by atoms with van der Waals surface area (Å²) in [7, 11) is 0. The summed E-state index contributed by atoms with van der Waals surface area (Å²) >= 11 is 6.32. The maximum absolute atomic E-state index is 10.7. The van der Waals surface area contributed by atoms with Crippen LogP contribution in [0.1, 0.15) is 20.8 Å². The second kappa shape index (κ2) is 7.01. The van der Waals surface area contributed by atoms with Crippen LogP contribution in [0.15, 0.2) is 12.4 Å². The third kappa shape index (κ3) is 4.73. The summed E-state index contributed by atoms with van der Waals surface area (Å²) in [6, 6.07) is 0. The number of nitrogens with one attached hydrogen (secondary N) is 1. The van der Waals surface area contributed by atoms with Gasteiger partial charge in [0.25, 0.3) is 0 Å². The molecule has 0 aliphatic rings. The number of hydrogen-bond acceptors (Lipinski definition) is 5. The molecule has 1 heterocycles. The Hall–Kier alpha value is -1.18. The summed E-state index contributed by atoms with van der Waals surface area (Å²) in [5, 5.41) is 23.7. The molecule has 0 fully saturated rings. The molecule has 0 saturated heterocycles. The molecule has 1 rings (SSSR count). The third-order valence-corrected chi connectivity index (χ3v) is 3.89. The lowest BCUT2D eigenvalue weighted by Crippen LogP contribution is -2.41. The minimum absolute atomic E-state index is 0.115. The molecule has 1 aromatic heterocycles. The van der Waals surface area contributed by atoms with E-state index in [2.05, 4.69) is 10.3 Å². The van der Waals surface area contributed by atoms with Gasteiger partial charge in [-0.2, -0.15) is 0 Å². The maximum Gasteiger partial charge on any atom is 0.434 e. The van der Waals surface area contributed by atoms with Crippen LogP contribution in [0.4, 0.5) is 5.95 Å². The van der Waals surface area contributed by atoms with Crippen molar-refractivity contribution in [3.8, 4) is 0 Å². The first-order valence-corrected chi connectivity index (χ1v) is 6.85. The minimum atomic E-state index is -0.748. The van der Waals surface area contributed by atoms with Crippen molar-refractivity contribution >= 4 is 17.5 Å². The van der Waals surface area contributed by atoms with Crippen LogP contribution in [-0.2, 0) is 6.54 Å². The number of hydrogen-bond donors (Lipinski definition) is 2. The molecule has 0 spiro atoms. The summed E-state index contributed by atoms with van der Waals surface area (Å²) in [6.45, 7) is 6.96. The quantitative estimate of drug-likeness (QED) is 0.430. The molecular weight excluding hydrogens is 284 g/mol. The van der Waals surface area contributed by atoms with Gasteiger partial charge in [-0.3, -0.25) is 0 Å². The highest BCUT2D eigenvalue weighted by molar-refractivity contribution is 6.24. The number of aromatic nitrogens is 2. The van der Waals surface area contributed by atoms with Gasteiger partial charge in [-0.1, -0.05) is 18.8 Å². The minimum Gasteiger partial charge on any atom is -0.390 e. The molecule has 0 saturated carbocycles. The van der Waals surface area contributed by atoms with Crippen LogP contribution in [0, 0.1) is 16.0 Å². The number of rotatable bonds is 8. The molecule has 1 aromatic rings. The Morgan fingerprint density at radius 2 is 2.30 bits per heavy atom. The lowest BCUT2D eigenvalue weighted by molar-refractivity contribution is -0.397. The van der Waals surface area contributed by atoms with Gasteiger partial charge in [0, 0.05) is 13.1 Å². The Morgan fingerprint density at radius 1 is 1.65 bits per heavy atom. The SMILES string of the molecule is CC(C)C(C)(Cl)CNCC(O)Cn1ccnc1[N+](=O)[O-]. The van der Waals surface area contributed by atoms with E-state index in [1.54, 1.807) is 0 Å². The average Bonchev–Trinajstić information content (AvgIpc) is 2.76. The number of halogens is 1. The summed E-state index contributed by atoms with van der Waals surface area (Å²) in [5.74, 6) is 0.0250. The second-order valence-electron chi connectivity index (χ2n) is 5.35. The smallest absolute Gasteiger partial charge is 0.390 e. The fourth-order valence-corrected chi connectivity index (χ4v) is 1.69. The maximum atomic E-state index is 10.7. The van der Waals surface area contributed by atoms with E-state index in [9.17, 15) is 15.2 Å². The molecule has 8 heteroatoms. The molecule has 2 unspecified atom stereocenters. The summed E-state index contributed by atoms with van der Waals surface area (Å²) < 4.78 is 1.31. The highest BCUT2D eigenvalue weighted by Gasteiger charge is 2.25. The molecule has 114 valence electrons. The number of alkyl halides is 1. The van der Waals surface area contributed by atoms with Gasteiger partial charge in [0.15, 0.2) is 0 Å². The molecule has 0 amide bonds. The van der Waals surface area contributed by atoms with E-state index in [4.69, 9.17) is 11.6 Å². The van der Waals surface area contributed by atoms with E-state index in [0.717, 1.165) is 0 Å². The van der Waals surface area contributed by atoms with E-state index in [1.807, 2.05) is 20.8 Å². The number of nitrogens with zero attached hydrogens (tertiary/aromatic N) is 3. The van der Waals surface area contributed by atoms with Crippen LogP contribution in [0.3, 0.4) is 0 Å². The van der Waals surface area contributed by atoms with Crippen molar-refractivity contribution in [1.29, 1.82) is 0 Å². The van der Waals surface area contributed by atoms with Crippen molar-refractivity contribution in [1.82, 2.24) is 14.9 Å². The predicted molar refractivity (Wildman–Crippen MR) is 76.9 cm³/mol. The van der Waals surface area contributed by atoms with Crippen LogP contribution in [0.25, 0.3) is 0 Å². The van der Waals surface area contributed by atoms with Crippen LogP contribution >= 0.6 is 11.6 Å². The van der Waals surface area contributed by atoms with Crippen molar-refractivity contribution in [2.75, 3.05) is 13.1 Å². The van der Waals surface area contributed by atoms with E-state index in [1.165, 1.54) is 17.0 Å². The van der Waals surface area contributed by atoms with Crippen molar-refractivity contribution in [3.63, 3.8) is 0 Å². The largest absolute Gasteiger partial charge is 0.434 e. The molecule has 0 radical (unpaired) electrons. The van der Waals surface area contributed by atoms with E-state index in [-0.39, 0.29) is 17.4 Å². The summed E-state index contributed by atoms with van der Waals surface area (Å²) in [6.07, 6.45) is 2.07. The van der Waals surface area contributed by atoms with Crippen molar-refractivity contribution < 1.29 is 10.0 Å². The Balaban J connectivity index is 2.43. The van der Waals surface area contributed by atoms with E-state index < -0.39 is 11.0 Å². The lowest BCUT2D eigenvalue weighted by Gasteiger charge is -2.27. The van der Waals surface area contributed by atoms with Gasteiger partial charge >= 0.3 is 5.95 Å². The summed E-state index contributed by atoms with van der Waals surface area (Å²) in [4.78, 5) is 13.4. The first-order valence-electron chi connectivity index (χ1n) is 6.47. The zero-order valence-corrected chi connectivity index (χ0v) is 12.7. The van der Waals surface area contributed by atoms with Gasteiger partial charge in [-0.25, -0.2) is 4.57 Å². The number of imidazole rings is 1. The molecule has 0 aromatic carbocycles. The standard InChI is InChI=1S/C12H21ClN4O3/c1-9(2)12(3,13)8-14-6-10(18)7-16-5-4-15-11(16)17(19)20/h4-5,9-10,14,18H,6-8H2,1-3H3. The Kier molecular flexibility index (Phi) is 5.91. The Bertz CT molecular complexity index is 448. The molecule has 0 bridgehead atoms. The normalized spacial score (nSPS) is 16.1. The molecule has 20 heavy (non-hydrogen) atoms. The van der Waals surface area contributed by atoms with Crippen molar-refractivity contribution in [2.24, 2.45) is 5.92 Å². The highest BCUT2D eigenvalue weighted by Crippen LogP contribution is 2.23. The molecule has 0 aliphatic heterocycles. The fraction of sp³-hybridized carbons (Fsp3) is 0.750. The van der Waals surface area contributed by atoms with Crippen molar-refractivity contribution in [2.45, 2.75) is 38.3 Å². The Morgan fingerprint density at radius 3 is 2.85 bits per heavy atom. The fourth-order valence-electron chi connectivity index (χ4n) is 1.59. The van der Waals surface area contributed by atoms with Gasteiger partial charge in [0.1, 0.15) is 12.4 Å². The first-order chi connectivity index (χ1) is 9.24. The van der Waals surface area contributed by atoms with E-state index >= 15 is 0 Å². The van der Waals surface area contributed by atoms with Crippen LogP contribution in [-0.4, -0.2) is 43.6 Å². The topological polar surface area (TPSA) is 93.2 Å². The van der Waals surface area contributed by atoms with Crippen LogP contribution in [0.2, 0.25) is 0 Å². The number of aliphatic hydroxyl groups is 1. The molecule has 2 atom stereocenters.